The highest BCUT2D eigenvalue weighted by molar-refractivity contribution is 5.88. The van der Waals surface area contributed by atoms with E-state index in [0.717, 1.165) is 66.8 Å². The van der Waals surface area contributed by atoms with E-state index in [0.29, 0.717) is 0 Å². The van der Waals surface area contributed by atoms with E-state index < -0.39 is 116 Å². The van der Waals surface area contributed by atoms with Crippen molar-refractivity contribution in [3.05, 3.63) is 431 Å². The van der Waals surface area contributed by atoms with Gasteiger partial charge >= 0.3 is 5.97 Å². The SMILES string of the molecule is O=C(O)C([C@@H]1O[C@H](COCc2ccccc2)[C@@H](OCc2ccccc2)[C@H](OCc2ccccc2)[C@H]1OCc1ccccc1)N(C[C@@H]1O[C@H](COCc2ccccc2)[C@@H](OCc2ccccc2)[C@H](OCc2ccccc2)[C@H]1OCc1ccccc1)C(=O)[C@@H]1O[C@H](COCc2ccccc2)[C@@H](OCc2ccccc2)[C@H](OCc2ccccc2)[C@H]1OCc1ccccc1. The Morgan fingerprint density at radius 3 is 0.704 bits per heavy atom. The fourth-order valence-corrected chi connectivity index (χ4v) is 16.2. The van der Waals surface area contributed by atoms with Crippen LogP contribution < -0.4 is 0 Å². The van der Waals surface area contributed by atoms with Gasteiger partial charge in [0.25, 0.3) is 5.91 Å². The summed E-state index contributed by atoms with van der Waals surface area (Å²) in [5.74, 6) is -2.36. The van der Waals surface area contributed by atoms with Crippen molar-refractivity contribution in [2.75, 3.05) is 26.4 Å². The number of carboxylic acids is 1. The first kappa shape index (κ1) is 88.8. The van der Waals surface area contributed by atoms with E-state index in [1.54, 1.807) is 0 Å². The largest absolute Gasteiger partial charge is 0.480 e. The molecule has 12 aromatic carbocycles. The van der Waals surface area contributed by atoms with Crippen molar-refractivity contribution in [3.63, 3.8) is 0 Å². The van der Waals surface area contributed by atoms with Gasteiger partial charge in [0.15, 0.2) is 12.1 Å². The van der Waals surface area contributed by atoms with E-state index in [4.69, 9.17) is 71.1 Å². The molecule has 19 nitrogen and oxygen atoms in total. The van der Waals surface area contributed by atoms with E-state index in [9.17, 15) is 5.11 Å². The van der Waals surface area contributed by atoms with Crippen LogP contribution >= 0.6 is 0 Å². The summed E-state index contributed by atoms with van der Waals surface area (Å²) in [6, 6.07) is 115. The lowest BCUT2D eigenvalue weighted by atomic mass is 9.87. The third-order valence-electron chi connectivity index (χ3n) is 22.6. The average molecular weight is 1690 g/mol. The monoisotopic (exact) mass is 1680 g/mol. The second-order valence-electron chi connectivity index (χ2n) is 31.6. The van der Waals surface area contributed by atoms with Crippen molar-refractivity contribution in [3.8, 4) is 0 Å². The third kappa shape index (κ3) is 25.9. The predicted molar refractivity (Wildman–Crippen MR) is 473 cm³/mol. The highest BCUT2D eigenvalue weighted by atomic mass is 16.7. The molecule has 0 spiro atoms. The van der Waals surface area contributed by atoms with Crippen LogP contribution in [-0.2, 0) is 160 Å². The van der Waals surface area contributed by atoms with Gasteiger partial charge in [-0.1, -0.05) is 364 Å². The van der Waals surface area contributed by atoms with E-state index in [1.165, 1.54) is 4.90 Å². The highest BCUT2D eigenvalue weighted by Crippen LogP contribution is 2.40. The van der Waals surface area contributed by atoms with Crippen LogP contribution in [0.15, 0.2) is 364 Å². The lowest BCUT2D eigenvalue weighted by molar-refractivity contribution is -0.290. The minimum atomic E-state index is -2.08. The number of carbonyl (C=O) groups excluding carboxylic acids is 1. The molecule has 646 valence electrons. The molecule has 0 aliphatic carbocycles. The number of aliphatic carboxylic acids is 1. The zero-order chi connectivity index (χ0) is 85.2. The number of carbonyl (C=O) groups is 2. The molecular weight excluding hydrogens is 1580 g/mol. The van der Waals surface area contributed by atoms with Crippen LogP contribution in [0.25, 0.3) is 0 Å². The molecule has 3 aliphatic heterocycles. The minimum Gasteiger partial charge on any atom is -0.480 e. The van der Waals surface area contributed by atoms with Crippen molar-refractivity contribution in [1.82, 2.24) is 4.90 Å². The van der Waals surface area contributed by atoms with Gasteiger partial charge in [-0.25, -0.2) is 4.79 Å². The summed E-state index contributed by atoms with van der Waals surface area (Å²) < 4.78 is 110. The maximum Gasteiger partial charge on any atom is 0.329 e. The molecule has 0 aromatic heterocycles. The normalized spacial score (nSPS) is 22.7. The van der Waals surface area contributed by atoms with E-state index >= 15 is 9.59 Å². The molecule has 3 heterocycles. The van der Waals surface area contributed by atoms with Crippen LogP contribution in [0.3, 0.4) is 0 Å². The van der Waals surface area contributed by atoms with E-state index in [2.05, 4.69) is 0 Å². The number of rotatable bonds is 45. The molecule has 16 atom stereocenters. The number of carboxylic acid groups (broad SMARTS) is 1. The molecular formula is C106H109NO18. The fraction of sp³-hybridized carbons (Fsp3) is 0.302. The zero-order valence-electron chi connectivity index (χ0n) is 70.0. The van der Waals surface area contributed by atoms with Gasteiger partial charge in [0, 0.05) is 0 Å². The second-order valence-corrected chi connectivity index (χ2v) is 31.6. The Morgan fingerprint density at radius 2 is 0.440 bits per heavy atom. The Bertz CT molecular complexity index is 5040. The molecule has 3 saturated heterocycles. The third-order valence-corrected chi connectivity index (χ3v) is 22.6. The first-order valence-corrected chi connectivity index (χ1v) is 43.0. The van der Waals surface area contributed by atoms with Gasteiger partial charge in [0.05, 0.1) is 106 Å². The van der Waals surface area contributed by atoms with Crippen molar-refractivity contribution in [2.24, 2.45) is 0 Å². The van der Waals surface area contributed by atoms with Crippen molar-refractivity contribution < 1.29 is 85.7 Å². The Balaban J connectivity index is 0.934. The summed E-state index contributed by atoms with van der Waals surface area (Å²) in [7, 11) is 0. The molecule has 19 heteroatoms. The lowest BCUT2D eigenvalue weighted by Crippen LogP contribution is -2.71. The van der Waals surface area contributed by atoms with Crippen LogP contribution in [0.5, 0.6) is 0 Å². The van der Waals surface area contributed by atoms with Gasteiger partial charge in [-0.3, -0.25) is 4.79 Å². The molecule has 1 unspecified atom stereocenters. The zero-order valence-corrected chi connectivity index (χ0v) is 70.0. The average Bonchev–Trinajstić information content (AvgIpc) is 0.747. The number of hydrogen-bond acceptors (Lipinski definition) is 17. The number of hydrogen-bond donors (Lipinski definition) is 1. The molecule has 15 rings (SSSR count). The van der Waals surface area contributed by atoms with Gasteiger partial charge in [-0.15, -0.1) is 0 Å². The van der Waals surface area contributed by atoms with Crippen LogP contribution in [0.1, 0.15) is 66.8 Å². The smallest absolute Gasteiger partial charge is 0.329 e. The molecule has 1 N–H and O–H groups in total. The first-order chi connectivity index (χ1) is 61.8. The number of ether oxygens (including phenoxy) is 15. The van der Waals surface area contributed by atoms with Gasteiger partial charge in [0.2, 0.25) is 0 Å². The topological polar surface area (TPSA) is 196 Å². The minimum absolute atomic E-state index is 0.000644. The predicted octanol–water partition coefficient (Wildman–Crippen LogP) is 17.5. The molecule has 0 bridgehead atoms. The van der Waals surface area contributed by atoms with E-state index in [1.807, 2.05) is 364 Å². The maximum atomic E-state index is 18.5. The van der Waals surface area contributed by atoms with Gasteiger partial charge < -0.3 is 81.1 Å². The summed E-state index contributed by atoms with van der Waals surface area (Å²) in [4.78, 5) is 36.3. The van der Waals surface area contributed by atoms with E-state index in [-0.39, 0.29) is 99.1 Å². The molecule has 125 heavy (non-hydrogen) atoms. The summed E-state index contributed by atoms with van der Waals surface area (Å²) in [6.07, 6.45) is -18.5. The molecule has 0 radical (unpaired) electrons. The Hall–Kier alpha value is -11.0. The summed E-state index contributed by atoms with van der Waals surface area (Å²) in [5, 5.41) is 13.3. The maximum absolute atomic E-state index is 18.5. The number of nitrogens with zero attached hydrogens (tertiary/aromatic N) is 1. The van der Waals surface area contributed by atoms with Crippen LogP contribution in [0.2, 0.25) is 0 Å². The summed E-state index contributed by atoms with van der Waals surface area (Å²) in [6.45, 7) is -0.276. The Morgan fingerprint density at radius 1 is 0.240 bits per heavy atom. The first-order valence-electron chi connectivity index (χ1n) is 43.0. The van der Waals surface area contributed by atoms with Crippen molar-refractivity contribution >= 4 is 11.9 Å². The standard InChI is InChI=1S/C106H109NO18/c108-105(104-103(122-73-88-59-35-12-36-60-88)101(120-71-86-55-31-10-32-56-86)97(117-68-83-49-25-7-26-50-83)92(125-104)76-113-64-79-41-17-3-18-42-79)107(61-89-94(114-65-80-43-19-4-20-44-80)99(118-69-84-51-27-8-28-52-84)95(115-66-81-45-21-5-22-46-81)90(123-89)74-111-62-77-37-13-1-14-38-77)93(106(109)110)98-102(121-72-87-57-33-11-34-58-87)100(119-70-85-53-29-9-30-54-85)96(116-67-82-47-23-6-24-48-82)91(124-98)75-112-63-78-39-15-2-16-40-78/h1-60,89-104H,61-76H2,(H,109,110)/t89-,90+,91+,92+,93?,94-,95+,96+,97+,98-,99+,100-,101-,102-,103+,104+/m0/s1. The Labute approximate surface area is 732 Å². The Kier molecular flexibility index (Phi) is 33.6. The second kappa shape index (κ2) is 47.3. The van der Waals surface area contributed by atoms with Crippen LogP contribution in [0.4, 0.5) is 0 Å². The number of benzene rings is 12. The molecule has 1 amide bonds. The van der Waals surface area contributed by atoms with Gasteiger partial charge in [-0.05, 0) is 66.8 Å². The van der Waals surface area contributed by atoms with Crippen molar-refractivity contribution in [2.45, 2.75) is 177 Å². The highest BCUT2D eigenvalue weighted by Gasteiger charge is 2.59. The summed E-state index contributed by atoms with van der Waals surface area (Å²) in [5.41, 5.74) is 10.0. The summed E-state index contributed by atoms with van der Waals surface area (Å²) >= 11 is 0. The molecule has 3 aliphatic rings. The molecule has 3 fully saturated rings. The molecule has 12 aromatic rings. The van der Waals surface area contributed by atoms with Crippen molar-refractivity contribution in [1.29, 1.82) is 0 Å². The van der Waals surface area contributed by atoms with Gasteiger partial charge in [-0.2, -0.15) is 0 Å². The lowest BCUT2D eigenvalue weighted by Gasteiger charge is -2.52. The molecule has 0 saturated carbocycles. The quantitative estimate of drug-likeness (QED) is 0.0378. The van der Waals surface area contributed by atoms with Crippen LogP contribution in [0, 0.1) is 0 Å². The van der Waals surface area contributed by atoms with Gasteiger partial charge in [0.1, 0.15) is 85.5 Å². The fourth-order valence-electron chi connectivity index (χ4n) is 16.2. The number of amides is 1. The van der Waals surface area contributed by atoms with Crippen LogP contribution in [-0.4, -0.2) is 146 Å².